The van der Waals surface area contributed by atoms with Crippen LogP contribution in [-0.4, -0.2) is 0 Å². The molecule has 4 fully saturated rings. The maximum absolute atomic E-state index is 14.3. The molecule has 4 heteroatoms. The highest BCUT2D eigenvalue weighted by atomic mass is 79.9. The zero-order chi connectivity index (χ0) is 14.6. The van der Waals surface area contributed by atoms with Crippen LogP contribution in [0.15, 0.2) is 22.7 Å². The molecule has 0 spiro atoms. The first-order chi connectivity index (χ1) is 10.2. The minimum atomic E-state index is -0.144. The van der Waals surface area contributed by atoms with Crippen molar-refractivity contribution >= 4 is 15.9 Å². The molecule has 3 N–H and O–H groups in total. The summed E-state index contributed by atoms with van der Waals surface area (Å²) in [6.45, 7) is 0. The Morgan fingerprint density at radius 2 is 1.71 bits per heavy atom. The van der Waals surface area contributed by atoms with E-state index in [4.69, 9.17) is 5.84 Å². The third-order valence-corrected chi connectivity index (χ3v) is 6.65. The fourth-order valence-electron chi connectivity index (χ4n) is 5.67. The Balaban J connectivity index is 1.68. The van der Waals surface area contributed by atoms with E-state index in [1.165, 1.54) is 32.1 Å². The minimum Gasteiger partial charge on any atom is -0.271 e. The Morgan fingerprint density at radius 3 is 2.29 bits per heavy atom. The SMILES string of the molecule is NNC(c1cc(Br)ccc1F)C1C2CC3CC(C2)CC1C3. The lowest BCUT2D eigenvalue weighted by molar-refractivity contribution is -0.0530. The van der Waals surface area contributed by atoms with Crippen LogP contribution in [0.25, 0.3) is 0 Å². The molecule has 0 aliphatic heterocycles. The van der Waals surface area contributed by atoms with Crippen LogP contribution in [0, 0.1) is 35.4 Å². The number of hydrazine groups is 1. The van der Waals surface area contributed by atoms with Crippen molar-refractivity contribution in [3.05, 3.63) is 34.1 Å². The summed E-state index contributed by atoms with van der Waals surface area (Å²) < 4.78 is 15.2. The molecular formula is C17H22BrFN2. The van der Waals surface area contributed by atoms with E-state index in [9.17, 15) is 4.39 Å². The first-order valence-electron chi connectivity index (χ1n) is 8.06. The number of benzene rings is 1. The van der Waals surface area contributed by atoms with Gasteiger partial charge < -0.3 is 0 Å². The van der Waals surface area contributed by atoms with Crippen LogP contribution in [0.2, 0.25) is 0 Å². The number of nitrogens with one attached hydrogen (secondary N) is 1. The van der Waals surface area contributed by atoms with Gasteiger partial charge in [0, 0.05) is 10.0 Å². The Labute approximate surface area is 133 Å². The average Bonchev–Trinajstić information content (AvgIpc) is 2.45. The summed E-state index contributed by atoms with van der Waals surface area (Å²) in [6, 6.07) is 5.13. The predicted molar refractivity (Wildman–Crippen MR) is 84.7 cm³/mol. The molecule has 0 saturated heterocycles. The molecule has 21 heavy (non-hydrogen) atoms. The van der Waals surface area contributed by atoms with E-state index < -0.39 is 0 Å². The van der Waals surface area contributed by atoms with E-state index in [1.54, 1.807) is 12.1 Å². The molecule has 5 rings (SSSR count). The van der Waals surface area contributed by atoms with Crippen molar-refractivity contribution in [1.82, 2.24) is 5.43 Å². The molecule has 1 aromatic rings. The van der Waals surface area contributed by atoms with Gasteiger partial charge in [0.05, 0.1) is 6.04 Å². The number of rotatable bonds is 3. The molecule has 1 atom stereocenters. The smallest absolute Gasteiger partial charge is 0.128 e. The van der Waals surface area contributed by atoms with Gasteiger partial charge >= 0.3 is 0 Å². The van der Waals surface area contributed by atoms with Gasteiger partial charge in [-0.15, -0.1) is 0 Å². The standard InChI is InChI=1S/C17H22BrFN2/c18-13-1-2-15(19)14(8-13)17(21-20)16-11-4-9-3-10(6-11)7-12(16)5-9/h1-2,8-12,16-17,21H,3-7,20H2. The van der Waals surface area contributed by atoms with E-state index in [0.717, 1.165) is 33.7 Å². The molecule has 1 aromatic carbocycles. The second-order valence-corrected chi connectivity index (χ2v) is 8.23. The molecule has 0 amide bonds. The molecule has 4 aliphatic carbocycles. The Bertz CT molecular complexity index is 520. The Kier molecular flexibility index (Phi) is 3.59. The van der Waals surface area contributed by atoms with Crippen molar-refractivity contribution in [3.63, 3.8) is 0 Å². The van der Waals surface area contributed by atoms with Crippen LogP contribution in [-0.2, 0) is 0 Å². The first-order valence-corrected chi connectivity index (χ1v) is 8.86. The largest absolute Gasteiger partial charge is 0.271 e. The zero-order valence-corrected chi connectivity index (χ0v) is 13.7. The number of nitrogens with two attached hydrogens (primary N) is 1. The van der Waals surface area contributed by atoms with Gasteiger partial charge in [-0.1, -0.05) is 15.9 Å². The quantitative estimate of drug-likeness (QED) is 0.632. The molecular weight excluding hydrogens is 331 g/mol. The van der Waals surface area contributed by atoms with Gasteiger partial charge in [0.15, 0.2) is 0 Å². The summed E-state index contributed by atoms with van der Waals surface area (Å²) in [5.74, 6) is 9.52. The lowest BCUT2D eigenvalue weighted by atomic mass is 9.50. The molecule has 0 radical (unpaired) electrons. The summed E-state index contributed by atoms with van der Waals surface area (Å²) in [5, 5.41) is 0. The molecule has 114 valence electrons. The van der Waals surface area contributed by atoms with Crippen LogP contribution in [0.4, 0.5) is 4.39 Å². The average molecular weight is 353 g/mol. The van der Waals surface area contributed by atoms with Crippen LogP contribution < -0.4 is 11.3 Å². The fourth-order valence-corrected chi connectivity index (χ4v) is 6.05. The summed E-state index contributed by atoms with van der Waals surface area (Å²) in [4.78, 5) is 0. The van der Waals surface area contributed by atoms with Crippen molar-refractivity contribution in [2.45, 2.75) is 38.1 Å². The highest BCUT2D eigenvalue weighted by Gasteiger charge is 2.50. The van der Waals surface area contributed by atoms with Crippen LogP contribution in [0.1, 0.15) is 43.7 Å². The first kappa shape index (κ1) is 14.2. The molecule has 4 aliphatic rings. The molecule has 4 bridgehead atoms. The monoisotopic (exact) mass is 352 g/mol. The van der Waals surface area contributed by atoms with Crippen molar-refractivity contribution in [3.8, 4) is 0 Å². The number of halogens is 2. The van der Waals surface area contributed by atoms with Gasteiger partial charge in [-0.25, -0.2) is 4.39 Å². The normalized spacial score (nSPS) is 38.7. The lowest BCUT2D eigenvalue weighted by Crippen LogP contribution is -2.50. The topological polar surface area (TPSA) is 38.0 Å². The van der Waals surface area contributed by atoms with E-state index in [1.807, 2.05) is 6.07 Å². The highest BCUT2D eigenvalue weighted by molar-refractivity contribution is 9.10. The second kappa shape index (κ2) is 5.32. The predicted octanol–water partition coefficient (Wildman–Crippen LogP) is 4.16. The van der Waals surface area contributed by atoms with Gasteiger partial charge in [0.25, 0.3) is 0 Å². The van der Waals surface area contributed by atoms with Crippen LogP contribution in [0.3, 0.4) is 0 Å². The lowest BCUT2D eigenvalue weighted by Gasteiger charge is -2.56. The summed E-state index contributed by atoms with van der Waals surface area (Å²) in [7, 11) is 0. The number of hydrogen-bond acceptors (Lipinski definition) is 2. The van der Waals surface area contributed by atoms with E-state index in [0.29, 0.717) is 5.92 Å². The van der Waals surface area contributed by atoms with Gasteiger partial charge in [-0.05, 0) is 79.9 Å². The Morgan fingerprint density at radius 1 is 1.10 bits per heavy atom. The van der Waals surface area contributed by atoms with Gasteiger partial charge in [-0.3, -0.25) is 11.3 Å². The van der Waals surface area contributed by atoms with Gasteiger partial charge in [0.1, 0.15) is 5.82 Å². The maximum atomic E-state index is 14.3. The molecule has 2 nitrogen and oxygen atoms in total. The minimum absolute atomic E-state index is 0.0579. The van der Waals surface area contributed by atoms with Crippen molar-refractivity contribution in [2.75, 3.05) is 0 Å². The summed E-state index contributed by atoms with van der Waals surface area (Å²) in [6.07, 6.45) is 6.74. The van der Waals surface area contributed by atoms with Gasteiger partial charge in [0.2, 0.25) is 0 Å². The van der Waals surface area contributed by atoms with Crippen LogP contribution in [0.5, 0.6) is 0 Å². The van der Waals surface area contributed by atoms with E-state index in [-0.39, 0.29) is 11.9 Å². The van der Waals surface area contributed by atoms with Crippen molar-refractivity contribution < 1.29 is 4.39 Å². The van der Waals surface area contributed by atoms with Crippen molar-refractivity contribution in [2.24, 2.45) is 35.4 Å². The highest BCUT2D eigenvalue weighted by Crippen LogP contribution is 2.59. The molecule has 0 aromatic heterocycles. The van der Waals surface area contributed by atoms with Gasteiger partial charge in [-0.2, -0.15) is 0 Å². The third kappa shape index (κ3) is 2.36. The fraction of sp³-hybridized carbons (Fsp3) is 0.647. The van der Waals surface area contributed by atoms with E-state index >= 15 is 0 Å². The summed E-state index contributed by atoms with van der Waals surface area (Å²) in [5.41, 5.74) is 3.68. The van der Waals surface area contributed by atoms with Crippen LogP contribution >= 0.6 is 15.9 Å². The maximum Gasteiger partial charge on any atom is 0.128 e. The Hall–Kier alpha value is -0.450. The number of hydrogen-bond donors (Lipinski definition) is 2. The molecule has 1 unspecified atom stereocenters. The zero-order valence-electron chi connectivity index (χ0n) is 12.1. The third-order valence-electron chi connectivity index (χ3n) is 6.16. The van der Waals surface area contributed by atoms with Crippen molar-refractivity contribution in [1.29, 1.82) is 0 Å². The second-order valence-electron chi connectivity index (χ2n) is 7.32. The summed E-state index contributed by atoms with van der Waals surface area (Å²) >= 11 is 3.46. The molecule has 4 saturated carbocycles. The van der Waals surface area contributed by atoms with E-state index in [2.05, 4.69) is 21.4 Å². The molecule has 0 heterocycles.